The molecule has 5 heteroatoms. The summed E-state index contributed by atoms with van der Waals surface area (Å²) in [5, 5.41) is 3.68. The maximum Gasteiger partial charge on any atom is 0.233 e. The van der Waals surface area contributed by atoms with Gasteiger partial charge in [-0.1, -0.05) is 30.7 Å². The minimum Gasteiger partial charge on any atom is -0.491 e. The molecule has 0 aliphatic carbocycles. The molecule has 1 unspecified atom stereocenters. The summed E-state index contributed by atoms with van der Waals surface area (Å²) in [6.45, 7) is 6.75. The minimum absolute atomic E-state index is 0.0889. The molecule has 0 heterocycles. The van der Waals surface area contributed by atoms with Crippen molar-refractivity contribution in [1.82, 2.24) is 5.32 Å². The van der Waals surface area contributed by atoms with Gasteiger partial charge < -0.3 is 10.1 Å². The van der Waals surface area contributed by atoms with E-state index < -0.39 is 0 Å². The Hall–Kier alpha value is -1.65. The molecule has 0 aromatic heterocycles. The topological polar surface area (TPSA) is 38.3 Å². The van der Waals surface area contributed by atoms with E-state index >= 15 is 0 Å². The van der Waals surface area contributed by atoms with Crippen molar-refractivity contribution < 1.29 is 9.53 Å². The third kappa shape index (κ3) is 7.86. The first-order valence-corrected chi connectivity index (χ1v) is 10.7. The second-order valence-corrected chi connectivity index (χ2v) is 8.39. The van der Waals surface area contributed by atoms with Crippen LogP contribution in [-0.4, -0.2) is 23.8 Å². The van der Waals surface area contributed by atoms with E-state index in [1.54, 1.807) is 11.8 Å². The molecule has 27 heavy (non-hydrogen) atoms. The van der Waals surface area contributed by atoms with E-state index in [0.29, 0.717) is 11.6 Å². The van der Waals surface area contributed by atoms with E-state index in [2.05, 4.69) is 17.4 Å². The Morgan fingerprint density at radius 1 is 1.19 bits per heavy atom. The molecule has 1 N–H and O–H groups in total. The summed E-state index contributed by atoms with van der Waals surface area (Å²) in [6.07, 6.45) is 2.77. The molecule has 2 rings (SSSR count). The van der Waals surface area contributed by atoms with Gasteiger partial charge in [-0.25, -0.2) is 0 Å². The summed E-state index contributed by atoms with van der Waals surface area (Å²) in [5.74, 6) is 0.992. The number of hydrogen-bond acceptors (Lipinski definition) is 3. The average molecular weight is 406 g/mol. The summed E-state index contributed by atoms with van der Waals surface area (Å²) in [6, 6.07) is 15.8. The molecular weight excluding hydrogens is 378 g/mol. The number of hydrogen-bond donors (Lipinski definition) is 1. The number of amides is 1. The van der Waals surface area contributed by atoms with Crippen LogP contribution in [-0.2, 0) is 11.2 Å². The van der Waals surface area contributed by atoms with Gasteiger partial charge in [0, 0.05) is 16.5 Å². The lowest BCUT2D eigenvalue weighted by molar-refractivity contribution is -0.120. The van der Waals surface area contributed by atoms with Gasteiger partial charge in [0.05, 0.1) is 11.4 Å². The van der Waals surface area contributed by atoms with Crippen molar-refractivity contribution in [3.05, 3.63) is 59.1 Å². The van der Waals surface area contributed by atoms with E-state index in [4.69, 9.17) is 16.3 Å². The summed E-state index contributed by atoms with van der Waals surface area (Å²) in [7, 11) is 0. The fourth-order valence-electron chi connectivity index (χ4n) is 2.66. The minimum atomic E-state index is -0.0889. The maximum absolute atomic E-state index is 12.5. The monoisotopic (exact) mass is 405 g/mol. The molecule has 0 spiro atoms. The second-order valence-electron chi connectivity index (χ2n) is 6.68. The van der Waals surface area contributed by atoms with E-state index in [-0.39, 0.29) is 17.3 Å². The van der Waals surface area contributed by atoms with Crippen molar-refractivity contribution in [3.8, 4) is 5.75 Å². The van der Waals surface area contributed by atoms with Crippen LogP contribution in [0.3, 0.4) is 0 Å². The fourth-order valence-corrected chi connectivity index (χ4v) is 3.77. The lowest BCUT2D eigenvalue weighted by atomic mass is 10.1. The van der Waals surface area contributed by atoms with E-state index in [9.17, 15) is 4.79 Å². The van der Waals surface area contributed by atoms with Crippen LogP contribution in [0.1, 0.15) is 39.2 Å². The molecule has 0 saturated heterocycles. The highest BCUT2D eigenvalue weighted by atomic mass is 35.5. The molecule has 1 amide bonds. The Labute approximate surface area is 171 Å². The molecule has 0 aliphatic heterocycles. The van der Waals surface area contributed by atoms with Gasteiger partial charge >= 0.3 is 0 Å². The zero-order chi connectivity index (χ0) is 19.6. The van der Waals surface area contributed by atoms with Gasteiger partial charge in [-0.15, -0.1) is 11.8 Å². The molecule has 2 aromatic rings. The Morgan fingerprint density at radius 3 is 2.59 bits per heavy atom. The Balaban J connectivity index is 1.76. The highest BCUT2D eigenvalue weighted by Gasteiger charge is 2.17. The van der Waals surface area contributed by atoms with E-state index in [0.717, 1.165) is 29.9 Å². The highest BCUT2D eigenvalue weighted by Crippen LogP contribution is 2.26. The van der Waals surface area contributed by atoms with Gasteiger partial charge in [0.1, 0.15) is 5.75 Å². The number of benzene rings is 2. The summed E-state index contributed by atoms with van der Waals surface area (Å²) in [4.78, 5) is 13.5. The molecule has 0 saturated carbocycles. The number of aryl methyl sites for hydroxylation is 1. The molecule has 0 radical (unpaired) electrons. The summed E-state index contributed by atoms with van der Waals surface area (Å²) in [5.41, 5.74) is 1.23. The van der Waals surface area contributed by atoms with Gasteiger partial charge in [-0.3, -0.25) is 4.79 Å². The molecule has 2 aromatic carbocycles. The van der Waals surface area contributed by atoms with Crippen molar-refractivity contribution in [1.29, 1.82) is 0 Å². The molecule has 0 bridgehead atoms. The highest BCUT2D eigenvalue weighted by molar-refractivity contribution is 8.00. The van der Waals surface area contributed by atoms with Crippen LogP contribution >= 0.6 is 23.4 Å². The molecule has 1 atom stereocenters. The fraction of sp³-hybridized carbons (Fsp3) is 0.409. The Morgan fingerprint density at radius 2 is 1.93 bits per heavy atom. The van der Waals surface area contributed by atoms with Gasteiger partial charge in [-0.05, 0) is 75.1 Å². The first kappa shape index (κ1) is 21.6. The van der Waals surface area contributed by atoms with Gasteiger partial charge in [-0.2, -0.15) is 0 Å². The van der Waals surface area contributed by atoms with Crippen molar-refractivity contribution in [2.24, 2.45) is 0 Å². The predicted octanol–water partition coefficient (Wildman–Crippen LogP) is 5.75. The third-order valence-electron chi connectivity index (χ3n) is 3.97. The van der Waals surface area contributed by atoms with Crippen LogP contribution in [0.15, 0.2) is 53.4 Å². The molecule has 0 fully saturated rings. The maximum atomic E-state index is 12.5. The Kier molecular flexibility index (Phi) is 9.02. The average Bonchev–Trinajstić information content (AvgIpc) is 2.64. The molecular formula is C22H28ClNO2S. The lowest BCUT2D eigenvalue weighted by Crippen LogP contribution is -2.33. The van der Waals surface area contributed by atoms with Crippen molar-refractivity contribution >= 4 is 29.3 Å². The second kappa shape index (κ2) is 11.3. The number of ether oxygens (including phenoxy) is 1. The summed E-state index contributed by atoms with van der Waals surface area (Å²) >= 11 is 7.50. The smallest absolute Gasteiger partial charge is 0.233 e. The van der Waals surface area contributed by atoms with Crippen molar-refractivity contribution in [3.63, 3.8) is 0 Å². The van der Waals surface area contributed by atoms with Gasteiger partial charge in [0.15, 0.2) is 0 Å². The normalized spacial score (nSPS) is 12.0. The number of rotatable bonds is 10. The van der Waals surface area contributed by atoms with Crippen LogP contribution in [0.4, 0.5) is 0 Å². The van der Waals surface area contributed by atoms with Crippen LogP contribution in [0.5, 0.6) is 5.75 Å². The molecule has 3 nitrogen and oxygen atoms in total. The van der Waals surface area contributed by atoms with E-state index in [1.165, 1.54) is 5.56 Å². The standard InChI is InChI=1S/C22H28ClNO2S/c1-4-21(27-20-12-10-18(23)11-13-20)22(25)24-14-6-8-17-7-5-9-19(15-17)26-16(2)3/h5,7,9-13,15-16,21H,4,6,8,14H2,1-3H3,(H,24,25). The number of carbonyl (C=O) groups excluding carboxylic acids is 1. The third-order valence-corrected chi connectivity index (χ3v) is 5.60. The van der Waals surface area contributed by atoms with Gasteiger partial charge in [0.2, 0.25) is 5.91 Å². The quantitative estimate of drug-likeness (QED) is 0.404. The molecule has 0 aliphatic rings. The number of nitrogens with one attached hydrogen (secondary N) is 1. The number of halogens is 1. The van der Waals surface area contributed by atoms with Crippen molar-refractivity contribution in [2.75, 3.05) is 6.54 Å². The van der Waals surface area contributed by atoms with Crippen LogP contribution in [0.25, 0.3) is 0 Å². The largest absolute Gasteiger partial charge is 0.491 e. The van der Waals surface area contributed by atoms with Crippen molar-refractivity contribution in [2.45, 2.75) is 56.3 Å². The van der Waals surface area contributed by atoms with Crippen LogP contribution in [0, 0.1) is 0 Å². The lowest BCUT2D eigenvalue weighted by Gasteiger charge is -2.15. The Bertz CT molecular complexity index is 719. The zero-order valence-corrected chi connectivity index (χ0v) is 17.8. The number of carbonyl (C=O) groups is 1. The first-order chi connectivity index (χ1) is 13.0. The zero-order valence-electron chi connectivity index (χ0n) is 16.2. The van der Waals surface area contributed by atoms with Crippen LogP contribution < -0.4 is 10.1 Å². The first-order valence-electron chi connectivity index (χ1n) is 9.43. The van der Waals surface area contributed by atoms with Crippen LogP contribution in [0.2, 0.25) is 5.02 Å². The molecule has 146 valence electrons. The summed E-state index contributed by atoms with van der Waals surface area (Å²) < 4.78 is 5.73. The predicted molar refractivity (Wildman–Crippen MR) is 115 cm³/mol. The number of thioether (sulfide) groups is 1. The van der Waals surface area contributed by atoms with E-state index in [1.807, 2.05) is 57.2 Å². The SMILES string of the molecule is CCC(Sc1ccc(Cl)cc1)C(=O)NCCCc1cccc(OC(C)C)c1. The van der Waals surface area contributed by atoms with Gasteiger partial charge in [0.25, 0.3) is 0 Å².